The van der Waals surface area contributed by atoms with Gasteiger partial charge in [0, 0.05) is 29.6 Å². The van der Waals surface area contributed by atoms with Crippen molar-refractivity contribution in [3.63, 3.8) is 0 Å². The van der Waals surface area contributed by atoms with Crippen molar-refractivity contribution in [3.05, 3.63) is 65.6 Å². The van der Waals surface area contributed by atoms with Gasteiger partial charge in [-0.25, -0.2) is 4.39 Å². The molecule has 0 spiro atoms. The van der Waals surface area contributed by atoms with Gasteiger partial charge in [-0.3, -0.25) is 9.59 Å². The highest BCUT2D eigenvalue weighted by Crippen LogP contribution is 2.28. The molecule has 230 valence electrons. The molecule has 0 fully saturated rings. The van der Waals surface area contributed by atoms with E-state index in [1.165, 1.54) is 12.1 Å². The minimum Gasteiger partial charge on any atom is -0.481 e. The fraction of sp³-hybridized carbons (Fsp3) is 0.379. The molecule has 1 unspecified atom stereocenters. The summed E-state index contributed by atoms with van der Waals surface area (Å²) in [4.78, 5) is 32.1. The van der Waals surface area contributed by atoms with E-state index in [-0.39, 0.29) is 54.7 Å². The lowest BCUT2D eigenvalue weighted by atomic mass is 10.1. The number of aromatic nitrogens is 4. The van der Waals surface area contributed by atoms with E-state index in [4.69, 9.17) is 18.9 Å². The average Bonchev–Trinajstić information content (AvgIpc) is 3.66. The fourth-order valence-corrected chi connectivity index (χ4v) is 3.98. The number of carboxylic acids is 1. The predicted molar refractivity (Wildman–Crippen MR) is 156 cm³/mol. The minimum atomic E-state index is -1.00. The Labute approximate surface area is 253 Å². The Kier molecular flexibility index (Phi) is 11.7. The third-order valence-electron chi connectivity index (χ3n) is 6.38. The van der Waals surface area contributed by atoms with E-state index < -0.39 is 23.8 Å². The van der Waals surface area contributed by atoms with Crippen molar-refractivity contribution >= 4 is 24.3 Å². The first-order chi connectivity index (χ1) is 20.2. The SMILES string of the molecule is CCC(Oc1ccc(-c2noc(C(C)C)n2)cc1)c1nc(-c2ccc(C(=O)N[C@@H](CC)CNCC(=O)O)c(F)c2)no1.Cl. The number of nitrogens with one attached hydrogen (secondary N) is 2. The van der Waals surface area contributed by atoms with Crippen LogP contribution in [0.4, 0.5) is 4.39 Å². The molecule has 1 amide bonds. The van der Waals surface area contributed by atoms with Crippen LogP contribution in [0.1, 0.15) is 74.7 Å². The molecule has 0 bridgehead atoms. The molecule has 0 aliphatic carbocycles. The summed E-state index contributed by atoms with van der Waals surface area (Å²) in [6, 6.07) is 10.9. The van der Waals surface area contributed by atoms with Crippen LogP contribution in [0.5, 0.6) is 5.75 Å². The highest BCUT2D eigenvalue weighted by atomic mass is 35.5. The largest absolute Gasteiger partial charge is 0.481 e. The maximum atomic E-state index is 14.9. The molecule has 2 atom stereocenters. The number of aliphatic carboxylic acids is 1. The number of rotatable bonds is 14. The summed E-state index contributed by atoms with van der Waals surface area (Å²) in [5.74, 6) is -0.239. The van der Waals surface area contributed by atoms with Crippen molar-refractivity contribution < 1.29 is 32.9 Å². The van der Waals surface area contributed by atoms with Crippen LogP contribution in [0.25, 0.3) is 22.8 Å². The van der Waals surface area contributed by atoms with Gasteiger partial charge < -0.3 is 29.5 Å². The second-order valence-electron chi connectivity index (χ2n) is 9.90. The molecule has 0 saturated heterocycles. The number of nitrogens with zero attached hydrogens (tertiary/aromatic N) is 4. The van der Waals surface area contributed by atoms with Gasteiger partial charge in [-0.2, -0.15) is 9.97 Å². The second-order valence-corrected chi connectivity index (χ2v) is 9.90. The number of amides is 1. The highest BCUT2D eigenvalue weighted by molar-refractivity contribution is 5.95. The van der Waals surface area contributed by atoms with Crippen LogP contribution in [-0.4, -0.2) is 56.4 Å². The molecule has 2 heterocycles. The second kappa shape index (κ2) is 15.2. The topological polar surface area (TPSA) is 166 Å². The van der Waals surface area contributed by atoms with Gasteiger partial charge >= 0.3 is 5.97 Å². The molecule has 3 N–H and O–H groups in total. The van der Waals surface area contributed by atoms with Gasteiger partial charge in [0.05, 0.1) is 12.1 Å². The molecule has 0 aliphatic heterocycles. The number of hydrogen-bond acceptors (Lipinski definition) is 10. The normalized spacial score (nSPS) is 12.4. The third-order valence-corrected chi connectivity index (χ3v) is 6.38. The van der Waals surface area contributed by atoms with Crippen LogP contribution in [-0.2, 0) is 4.79 Å². The Balaban J connectivity index is 0.00000506. The van der Waals surface area contributed by atoms with E-state index in [1.807, 2.05) is 39.8 Å². The molecule has 2 aromatic carbocycles. The molecule has 0 radical (unpaired) electrons. The van der Waals surface area contributed by atoms with Crippen molar-refractivity contribution in [2.45, 2.75) is 58.6 Å². The zero-order valence-corrected chi connectivity index (χ0v) is 25.0. The molecule has 0 saturated carbocycles. The van der Waals surface area contributed by atoms with Crippen LogP contribution >= 0.6 is 12.4 Å². The van der Waals surface area contributed by atoms with Crippen molar-refractivity contribution in [1.82, 2.24) is 30.9 Å². The summed E-state index contributed by atoms with van der Waals surface area (Å²) >= 11 is 0. The van der Waals surface area contributed by atoms with E-state index in [2.05, 4.69) is 30.9 Å². The number of hydrogen-bond donors (Lipinski definition) is 3. The molecule has 4 aromatic rings. The maximum Gasteiger partial charge on any atom is 0.317 e. The number of benzene rings is 2. The highest BCUT2D eigenvalue weighted by Gasteiger charge is 2.22. The van der Waals surface area contributed by atoms with Crippen molar-refractivity contribution in [3.8, 4) is 28.5 Å². The van der Waals surface area contributed by atoms with Gasteiger partial charge in [0.25, 0.3) is 11.8 Å². The van der Waals surface area contributed by atoms with E-state index in [0.717, 1.165) is 11.6 Å². The first-order valence-corrected chi connectivity index (χ1v) is 13.7. The Hall–Kier alpha value is -4.36. The van der Waals surface area contributed by atoms with Gasteiger partial charge in [0.2, 0.25) is 17.5 Å². The van der Waals surface area contributed by atoms with Gasteiger partial charge in [0.15, 0.2) is 6.10 Å². The first-order valence-electron chi connectivity index (χ1n) is 13.7. The molecular weight excluding hydrogens is 583 g/mol. The van der Waals surface area contributed by atoms with Crippen molar-refractivity contribution in [1.29, 1.82) is 0 Å². The van der Waals surface area contributed by atoms with E-state index in [9.17, 15) is 14.0 Å². The fourth-order valence-electron chi connectivity index (χ4n) is 3.98. The zero-order valence-electron chi connectivity index (χ0n) is 24.2. The molecule has 2 aromatic heterocycles. The van der Waals surface area contributed by atoms with E-state index in [1.54, 1.807) is 12.1 Å². The Morgan fingerprint density at radius 1 is 0.953 bits per heavy atom. The standard InChI is InChI=1S/C29H33FN6O6.ClH/c1-5-19(14-31-15-24(37)38)32-27(39)21-12-9-18(13-22(21)30)26-34-29(42-36-26)23(6-2)40-20-10-7-17(8-11-20)25-33-28(16(3)4)41-35-25;/h7-13,16,19,23,31H,5-6,14-15H2,1-4H3,(H,32,39)(H,37,38);1H/t19-,23?;/m0./s1. The zero-order chi connectivity index (χ0) is 30.2. The smallest absolute Gasteiger partial charge is 0.317 e. The Bertz CT molecular complexity index is 1510. The number of carbonyl (C=O) groups excluding carboxylic acids is 1. The van der Waals surface area contributed by atoms with Crippen LogP contribution in [0.2, 0.25) is 0 Å². The van der Waals surface area contributed by atoms with Crippen LogP contribution < -0.4 is 15.4 Å². The summed E-state index contributed by atoms with van der Waals surface area (Å²) in [7, 11) is 0. The minimum absolute atomic E-state index is 0. The lowest BCUT2D eigenvalue weighted by Gasteiger charge is -2.17. The molecule has 43 heavy (non-hydrogen) atoms. The summed E-state index contributed by atoms with van der Waals surface area (Å²) < 4.78 is 31.7. The lowest BCUT2D eigenvalue weighted by Crippen LogP contribution is -2.43. The van der Waals surface area contributed by atoms with Crippen LogP contribution in [0.3, 0.4) is 0 Å². The van der Waals surface area contributed by atoms with Crippen molar-refractivity contribution in [2.75, 3.05) is 13.1 Å². The quantitative estimate of drug-likeness (QED) is 0.171. The summed E-state index contributed by atoms with van der Waals surface area (Å²) in [6.07, 6.45) is 0.511. The average molecular weight is 617 g/mol. The van der Waals surface area contributed by atoms with Gasteiger partial charge in [-0.1, -0.05) is 44.1 Å². The molecule has 0 aliphatic rings. The number of halogens is 2. The lowest BCUT2D eigenvalue weighted by molar-refractivity contribution is -0.135. The van der Waals surface area contributed by atoms with Crippen molar-refractivity contribution in [2.24, 2.45) is 0 Å². The monoisotopic (exact) mass is 616 g/mol. The number of carbonyl (C=O) groups is 2. The summed E-state index contributed by atoms with van der Waals surface area (Å²) in [5.41, 5.74) is 0.957. The van der Waals surface area contributed by atoms with Crippen LogP contribution in [0, 0.1) is 5.82 Å². The predicted octanol–water partition coefficient (Wildman–Crippen LogP) is 5.18. The maximum absolute atomic E-state index is 14.9. The third kappa shape index (κ3) is 8.58. The van der Waals surface area contributed by atoms with E-state index in [0.29, 0.717) is 35.9 Å². The summed E-state index contributed by atoms with van der Waals surface area (Å²) in [5, 5.41) is 22.2. The molecule has 12 nitrogen and oxygen atoms in total. The molecular formula is C29H34ClFN6O6. The Morgan fingerprint density at radius 3 is 2.16 bits per heavy atom. The van der Waals surface area contributed by atoms with Gasteiger partial charge in [-0.05, 0) is 49.2 Å². The van der Waals surface area contributed by atoms with E-state index >= 15 is 0 Å². The first kappa shape index (κ1) is 33.1. The molecule has 4 rings (SSSR count). The Morgan fingerprint density at radius 2 is 1.58 bits per heavy atom. The molecule has 14 heteroatoms. The number of ether oxygens (including phenoxy) is 1. The van der Waals surface area contributed by atoms with Gasteiger partial charge in [-0.15, -0.1) is 12.4 Å². The van der Waals surface area contributed by atoms with Crippen LogP contribution in [0.15, 0.2) is 51.5 Å². The number of carboxylic acid groups (broad SMARTS) is 1. The summed E-state index contributed by atoms with van der Waals surface area (Å²) in [6.45, 7) is 7.69. The van der Waals surface area contributed by atoms with Gasteiger partial charge in [0.1, 0.15) is 11.6 Å².